The van der Waals surface area contributed by atoms with Crippen LogP contribution >= 0.6 is 0 Å². The Balaban J connectivity index is 1.38. The predicted molar refractivity (Wildman–Crippen MR) is 143 cm³/mol. The maximum absolute atomic E-state index is 15.9. The molecule has 0 amide bonds. The number of nitrogens with two attached hydrogens (primary N) is 1. The quantitative estimate of drug-likeness (QED) is 0.334. The highest BCUT2D eigenvalue weighted by Crippen LogP contribution is 2.38. The summed E-state index contributed by atoms with van der Waals surface area (Å²) in [5, 5.41) is 4.75. The highest BCUT2D eigenvalue weighted by atomic mass is 32.2. The molecule has 3 heterocycles. The third-order valence-electron chi connectivity index (χ3n) is 7.30. The van der Waals surface area contributed by atoms with Gasteiger partial charge in [-0.25, -0.2) is 31.6 Å². The van der Waals surface area contributed by atoms with Gasteiger partial charge in [0.2, 0.25) is 5.95 Å². The molecule has 4 aromatic rings. The minimum Gasteiger partial charge on any atom is -0.368 e. The van der Waals surface area contributed by atoms with Crippen LogP contribution in [0.25, 0.3) is 22.5 Å². The fourth-order valence-corrected chi connectivity index (χ4v) is 6.27. The molecule has 0 spiro atoms. The Bertz CT molecular complexity index is 1680. The van der Waals surface area contributed by atoms with Gasteiger partial charge >= 0.3 is 0 Å². The van der Waals surface area contributed by atoms with Crippen LogP contribution in [0, 0.1) is 17.5 Å². The van der Waals surface area contributed by atoms with Gasteiger partial charge < -0.3 is 10.6 Å². The van der Waals surface area contributed by atoms with E-state index in [0.717, 1.165) is 32.0 Å². The SMILES string of the molecule is Nc1nccc(-c2cn(C3CCN(C4CC4)CC3)nc2-c2cccc(NS(=O)(=O)c3cc(F)ccc3F)c2F)n1. The molecule has 0 unspecified atom stereocenters. The molecular formula is C27H26F3N7O2S. The lowest BCUT2D eigenvalue weighted by molar-refractivity contribution is 0.172. The van der Waals surface area contributed by atoms with E-state index in [1.54, 1.807) is 12.3 Å². The topological polar surface area (TPSA) is 119 Å². The molecule has 2 fully saturated rings. The van der Waals surface area contributed by atoms with Crippen LogP contribution < -0.4 is 10.5 Å². The van der Waals surface area contributed by atoms with Gasteiger partial charge in [0, 0.05) is 42.7 Å². The van der Waals surface area contributed by atoms with Crippen molar-refractivity contribution in [3.63, 3.8) is 0 Å². The van der Waals surface area contributed by atoms with Gasteiger partial charge in [0.1, 0.15) is 22.2 Å². The van der Waals surface area contributed by atoms with Crippen LogP contribution in [-0.2, 0) is 10.0 Å². The molecule has 40 heavy (non-hydrogen) atoms. The minimum atomic E-state index is -4.65. The van der Waals surface area contributed by atoms with E-state index in [9.17, 15) is 17.2 Å². The number of benzene rings is 2. The van der Waals surface area contributed by atoms with Gasteiger partial charge in [-0.05, 0) is 62.1 Å². The zero-order valence-electron chi connectivity index (χ0n) is 21.3. The first-order chi connectivity index (χ1) is 19.2. The molecule has 1 aliphatic heterocycles. The number of nitrogens with zero attached hydrogens (tertiary/aromatic N) is 5. The summed E-state index contributed by atoms with van der Waals surface area (Å²) < 4.78 is 73.4. The van der Waals surface area contributed by atoms with Gasteiger partial charge in [-0.3, -0.25) is 9.40 Å². The Hall–Kier alpha value is -3.97. The van der Waals surface area contributed by atoms with E-state index in [1.165, 1.54) is 37.2 Å². The molecule has 13 heteroatoms. The van der Waals surface area contributed by atoms with Gasteiger partial charge in [-0.2, -0.15) is 5.10 Å². The summed E-state index contributed by atoms with van der Waals surface area (Å²) in [6, 6.07) is 8.52. The van der Waals surface area contributed by atoms with E-state index in [2.05, 4.69) is 14.9 Å². The number of nitrogen functional groups attached to an aromatic ring is 1. The molecule has 9 nitrogen and oxygen atoms in total. The van der Waals surface area contributed by atoms with Crippen molar-refractivity contribution in [3.8, 4) is 22.5 Å². The fourth-order valence-electron chi connectivity index (χ4n) is 5.12. The number of likely N-dealkylation sites (tertiary alicyclic amines) is 1. The summed E-state index contributed by atoms with van der Waals surface area (Å²) >= 11 is 0. The minimum absolute atomic E-state index is 0.00117. The van der Waals surface area contributed by atoms with Gasteiger partial charge in [0.15, 0.2) is 5.82 Å². The van der Waals surface area contributed by atoms with Crippen molar-refractivity contribution in [1.29, 1.82) is 0 Å². The summed E-state index contributed by atoms with van der Waals surface area (Å²) in [4.78, 5) is 9.79. The number of aromatic nitrogens is 4. The molecule has 0 radical (unpaired) electrons. The maximum Gasteiger partial charge on any atom is 0.265 e. The molecule has 1 aliphatic carbocycles. The molecule has 6 rings (SSSR count). The van der Waals surface area contributed by atoms with Crippen molar-refractivity contribution in [1.82, 2.24) is 24.6 Å². The lowest BCUT2D eigenvalue weighted by Crippen LogP contribution is -2.36. The number of rotatable bonds is 7. The number of halogens is 3. The van der Waals surface area contributed by atoms with Crippen LogP contribution in [0.3, 0.4) is 0 Å². The first-order valence-corrected chi connectivity index (χ1v) is 14.4. The summed E-state index contributed by atoms with van der Waals surface area (Å²) in [5.74, 6) is -3.01. The summed E-state index contributed by atoms with van der Waals surface area (Å²) in [5.41, 5.74) is 6.54. The highest BCUT2D eigenvalue weighted by molar-refractivity contribution is 7.92. The van der Waals surface area contributed by atoms with Crippen molar-refractivity contribution in [3.05, 3.63) is 72.3 Å². The zero-order valence-corrected chi connectivity index (χ0v) is 22.1. The van der Waals surface area contributed by atoms with Gasteiger partial charge in [0.25, 0.3) is 10.0 Å². The molecule has 0 bridgehead atoms. The average molecular weight is 570 g/mol. The first kappa shape index (κ1) is 26.3. The molecular weight excluding hydrogens is 543 g/mol. The standard InChI is InChI=1S/C27H26F3N7O2S/c28-16-4-7-21(29)24(14-16)40(38,39)35-23-3-1-2-19(25(23)30)26-20(22-8-11-32-27(31)33-22)15-37(34-26)18-9-12-36(13-10-18)17-5-6-17/h1-4,7-8,11,14-15,17-18,35H,5-6,9-10,12-13H2,(H2,31,32,33). The number of sulfonamides is 1. The number of piperidine rings is 1. The van der Waals surface area contributed by atoms with Crippen LogP contribution in [0.1, 0.15) is 31.7 Å². The van der Waals surface area contributed by atoms with Gasteiger partial charge in [-0.1, -0.05) is 6.07 Å². The molecule has 2 aliphatic rings. The molecule has 1 saturated heterocycles. The zero-order chi connectivity index (χ0) is 28.0. The summed E-state index contributed by atoms with van der Waals surface area (Å²) in [6.07, 6.45) is 7.52. The van der Waals surface area contributed by atoms with E-state index >= 15 is 4.39 Å². The van der Waals surface area contributed by atoms with E-state index in [0.29, 0.717) is 29.4 Å². The first-order valence-electron chi connectivity index (χ1n) is 12.9. The molecule has 2 aromatic heterocycles. The molecule has 1 saturated carbocycles. The molecule has 0 atom stereocenters. The largest absolute Gasteiger partial charge is 0.368 e. The summed E-state index contributed by atoms with van der Waals surface area (Å²) in [7, 11) is -4.65. The second-order valence-corrected chi connectivity index (χ2v) is 11.7. The van der Waals surface area contributed by atoms with Crippen LogP contribution in [0.15, 0.2) is 59.8 Å². The lowest BCUT2D eigenvalue weighted by atomic mass is 10.0. The van der Waals surface area contributed by atoms with Crippen LogP contribution in [0.4, 0.5) is 24.8 Å². The van der Waals surface area contributed by atoms with E-state index in [1.807, 2.05) is 9.40 Å². The second-order valence-electron chi connectivity index (χ2n) is 10.0. The smallest absolute Gasteiger partial charge is 0.265 e. The Labute approximate surface area is 228 Å². The average Bonchev–Trinajstić information content (AvgIpc) is 3.69. The third-order valence-corrected chi connectivity index (χ3v) is 8.68. The summed E-state index contributed by atoms with van der Waals surface area (Å²) in [6.45, 7) is 1.89. The van der Waals surface area contributed by atoms with Crippen molar-refractivity contribution in [2.24, 2.45) is 0 Å². The Kier molecular flexibility index (Phi) is 6.70. The third kappa shape index (κ3) is 5.13. The van der Waals surface area contributed by atoms with E-state index < -0.39 is 38.1 Å². The number of nitrogens with one attached hydrogen (secondary N) is 1. The van der Waals surface area contributed by atoms with Crippen molar-refractivity contribution in [2.45, 2.75) is 42.7 Å². The van der Waals surface area contributed by atoms with Crippen molar-refractivity contribution in [2.75, 3.05) is 23.5 Å². The Morgan fingerprint density at radius 3 is 2.45 bits per heavy atom. The maximum atomic E-state index is 15.9. The monoisotopic (exact) mass is 569 g/mol. The van der Waals surface area contributed by atoms with Crippen LogP contribution in [0.5, 0.6) is 0 Å². The van der Waals surface area contributed by atoms with Crippen molar-refractivity contribution < 1.29 is 21.6 Å². The highest BCUT2D eigenvalue weighted by Gasteiger charge is 2.33. The fraction of sp³-hybridized carbons (Fsp3) is 0.296. The van der Waals surface area contributed by atoms with Gasteiger partial charge in [0.05, 0.1) is 17.4 Å². The number of anilines is 2. The van der Waals surface area contributed by atoms with E-state index in [4.69, 9.17) is 10.8 Å². The number of hydrogen-bond donors (Lipinski definition) is 2. The normalized spacial score (nSPS) is 16.8. The van der Waals surface area contributed by atoms with Crippen LogP contribution in [-0.4, -0.2) is 52.2 Å². The van der Waals surface area contributed by atoms with Crippen LogP contribution in [0.2, 0.25) is 0 Å². The van der Waals surface area contributed by atoms with Crippen molar-refractivity contribution >= 4 is 21.7 Å². The molecule has 208 valence electrons. The second kappa shape index (κ2) is 10.2. The Morgan fingerprint density at radius 1 is 0.950 bits per heavy atom. The lowest BCUT2D eigenvalue weighted by Gasteiger charge is -2.32. The van der Waals surface area contributed by atoms with Gasteiger partial charge in [-0.15, -0.1) is 0 Å². The molecule has 2 aromatic carbocycles. The number of hydrogen-bond acceptors (Lipinski definition) is 7. The molecule has 3 N–H and O–H groups in total. The van der Waals surface area contributed by atoms with E-state index in [-0.39, 0.29) is 23.2 Å². The Morgan fingerprint density at radius 2 is 1.73 bits per heavy atom. The predicted octanol–water partition coefficient (Wildman–Crippen LogP) is 4.61.